The standard InChI is InChI=1S/C13H16F3NOS/c1-8-4-5-9(2)11(6-8)19-10(3)12(18)17-7-13(14,15)16/h4-6,10H,7H2,1-3H3,(H,17,18). The quantitative estimate of drug-likeness (QED) is 0.861. The Morgan fingerprint density at radius 3 is 2.58 bits per heavy atom. The van der Waals surface area contributed by atoms with Crippen LogP contribution in [0.4, 0.5) is 13.2 Å². The lowest BCUT2D eigenvalue weighted by atomic mass is 10.2. The Balaban J connectivity index is 2.61. The van der Waals surface area contributed by atoms with E-state index in [1.54, 1.807) is 6.92 Å². The van der Waals surface area contributed by atoms with Crippen LogP contribution in [-0.2, 0) is 4.79 Å². The van der Waals surface area contributed by atoms with Gasteiger partial charge in [-0.2, -0.15) is 13.2 Å². The molecule has 6 heteroatoms. The molecule has 0 aromatic heterocycles. The lowest BCUT2D eigenvalue weighted by Crippen LogP contribution is -2.37. The third-order valence-electron chi connectivity index (χ3n) is 2.48. The molecule has 0 heterocycles. The summed E-state index contributed by atoms with van der Waals surface area (Å²) < 4.78 is 36.0. The van der Waals surface area contributed by atoms with Gasteiger partial charge in [0.1, 0.15) is 6.54 Å². The number of halogens is 3. The van der Waals surface area contributed by atoms with Gasteiger partial charge in [-0.3, -0.25) is 4.79 Å². The molecule has 0 aliphatic rings. The first-order chi connectivity index (χ1) is 8.69. The SMILES string of the molecule is Cc1ccc(C)c(SC(C)C(=O)NCC(F)(F)F)c1. The van der Waals surface area contributed by atoms with Crippen LogP contribution < -0.4 is 5.32 Å². The molecule has 1 unspecified atom stereocenters. The Labute approximate surface area is 114 Å². The van der Waals surface area contributed by atoms with E-state index >= 15 is 0 Å². The summed E-state index contributed by atoms with van der Waals surface area (Å²) in [5.74, 6) is -0.608. The molecule has 1 aromatic rings. The van der Waals surface area contributed by atoms with Gasteiger partial charge in [-0.05, 0) is 32.4 Å². The summed E-state index contributed by atoms with van der Waals surface area (Å²) in [5.41, 5.74) is 2.06. The van der Waals surface area contributed by atoms with Crippen LogP contribution in [0.5, 0.6) is 0 Å². The van der Waals surface area contributed by atoms with Crippen molar-refractivity contribution in [1.82, 2.24) is 5.32 Å². The van der Waals surface area contributed by atoms with Gasteiger partial charge < -0.3 is 5.32 Å². The highest BCUT2D eigenvalue weighted by molar-refractivity contribution is 8.00. The van der Waals surface area contributed by atoms with Gasteiger partial charge in [-0.1, -0.05) is 17.7 Å². The number of thioether (sulfide) groups is 1. The van der Waals surface area contributed by atoms with Crippen molar-refractivity contribution in [2.45, 2.75) is 37.1 Å². The highest BCUT2D eigenvalue weighted by Gasteiger charge is 2.28. The zero-order valence-electron chi connectivity index (χ0n) is 11.0. The first-order valence-corrected chi connectivity index (χ1v) is 6.65. The maximum Gasteiger partial charge on any atom is 0.405 e. The van der Waals surface area contributed by atoms with Crippen molar-refractivity contribution in [2.75, 3.05) is 6.54 Å². The van der Waals surface area contributed by atoms with Crippen LogP contribution in [0.1, 0.15) is 18.1 Å². The van der Waals surface area contributed by atoms with Crippen molar-refractivity contribution in [3.8, 4) is 0 Å². The monoisotopic (exact) mass is 291 g/mol. The molecule has 1 aromatic carbocycles. The van der Waals surface area contributed by atoms with Crippen LogP contribution in [0.2, 0.25) is 0 Å². The minimum atomic E-state index is -4.38. The smallest absolute Gasteiger partial charge is 0.346 e. The van der Waals surface area contributed by atoms with E-state index in [-0.39, 0.29) is 0 Å². The van der Waals surface area contributed by atoms with Crippen molar-refractivity contribution in [1.29, 1.82) is 0 Å². The second-order valence-electron chi connectivity index (χ2n) is 4.36. The maximum atomic E-state index is 12.0. The Hall–Kier alpha value is -1.17. The number of alkyl halides is 3. The molecule has 0 saturated heterocycles. The van der Waals surface area contributed by atoms with Gasteiger partial charge in [0, 0.05) is 4.90 Å². The number of hydrogen-bond acceptors (Lipinski definition) is 2. The van der Waals surface area contributed by atoms with Crippen LogP contribution in [0.25, 0.3) is 0 Å². The Bertz CT molecular complexity index is 460. The van der Waals surface area contributed by atoms with E-state index in [9.17, 15) is 18.0 Å². The highest BCUT2D eigenvalue weighted by atomic mass is 32.2. The molecular weight excluding hydrogens is 275 g/mol. The van der Waals surface area contributed by atoms with E-state index in [0.717, 1.165) is 16.0 Å². The zero-order valence-corrected chi connectivity index (χ0v) is 11.8. The van der Waals surface area contributed by atoms with E-state index in [1.807, 2.05) is 37.4 Å². The predicted molar refractivity (Wildman–Crippen MR) is 70.3 cm³/mol. The number of carbonyl (C=O) groups excluding carboxylic acids is 1. The van der Waals surface area contributed by atoms with Gasteiger partial charge in [0.2, 0.25) is 5.91 Å². The van der Waals surface area contributed by atoms with Crippen molar-refractivity contribution in [3.63, 3.8) is 0 Å². The van der Waals surface area contributed by atoms with Crippen molar-refractivity contribution >= 4 is 17.7 Å². The lowest BCUT2D eigenvalue weighted by Gasteiger charge is -2.14. The topological polar surface area (TPSA) is 29.1 Å². The summed E-state index contributed by atoms with van der Waals surface area (Å²) in [6.45, 7) is 4.14. The fraction of sp³-hybridized carbons (Fsp3) is 0.462. The molecule has 0 bridgehead atoms. The first kappa shape index (κ1) is 15.9. The third-order valence-corrected chi connectivity index (χ3v) is 3.74. The summed E-state index contributed by atoms with van der Waals surface area (Å²) in [5, 5.41) is 1.33. The number of amides is 1. The van der Waals surface area contributed by atoms with Crippen LogP contribution >= 0.6 is 11.8 Å². The Morgan fingerprint density at radius 2 is 2.00 bits per heavy atom. The second-order valence-corrected chi connectivity index (χ2v) is 5.74. The van der Waals surface area contributed by atoms with Gasteiger partial charge in [0.25, 0.3) is 0 Å². The average molecular weight is 291 g/mol. The first-order valence-electron chi connectivity index (χ1n) is 5.77. The van der Waals surface area contributed by atoms with Crippen LogP contribution in [-0.4, -0.2) is 23.9 Å². The Kier molecular flexibility index (Phi) is 5.29. The molecule has 1 amide bonds. The summed E-state index contributed by atoms with van der Waals surface area (Å²) in [4.78, 5) is 12.5. The molecule has 1 atom stereocenters. The van der Waals surface area contributed by atoms with Gasteiger partial charge in [-0.15, -0.1) is 11.8 Å². The average Bonchev–Trinajstić information content (AvgIpc) is 2.29. The summed E-state index contributed by atoms with van der Waals surface area (Å²) in [6, 6.07) is 5.80. The highest BCUT2D eigenvalue weighted by Crippen LogP contribution is 2.27. The molecule has 106 valence electrons. The minimum Gasteiger partial charge on any atom is -0.346 e. The summed E-state index contributed by atoms with van der Waals surface area (Å²) in [6.07, 6.45) is -4.38. The number of benzene rings is 1. The molecule has 1 N–H and O–H groups in total. The minimum absolute atomic E-state index is 0.567. The lowest BCUT2D eigenvalue weighted by molar-refractivity contribution is -0.137. The number of nitrogens with one attached hydrogen (secondary N) is 1. The van der Waals surface area contributed by atoms with E-state index in [1.165, 1.54) is 11.8 Å². The van der Waals surface area contributed by atoms with Crippen LogP contribution in [0.15, 0.2) is 23.1 Å². The largest absolute Gasteiger partial charge is 0.405 e. The zero-order chi connectivity index (χ0) is 14.6. The van der Waals surface area contributed by atoms with Gasteiger partial charge in [-0.25, -0.2) is 0 Å². The molecule has 0 spiro atoms. The molecular formula is C13H16F3NOS. The fourth-order valence-electron chi connectivity index (χ4n) is 1.41. The van der Waals surface area contributed by atoms with E-state index in [0.29, 0.717) is 0 Å². The molecule has 1 rings (SSSR count). The molecule has 19 heavy (non-hydrogen) atoms. The van der Waals surface area contributed by atoms with Crippen LogP contribution in [0.3, 0.4) is 0 Å². The Morgan fingerprint density at radius 1 is 1.37 bits per heavy atom. The summed E-state index contributed by atoms with van der Waals surface area (Å²) in [7, 11) is 0. The number of carbonyl (C=O) groups is 1. The maximum absolute atomic E-state index is 12.0. The van der Waals surface area contributed by atoms with Crippen molar-refractivity contribution in [2.24, 2.45) is 0 Å². The van der Waals surface area contributed by atoms with Crippen LogP contribution in [0, 0.1) is 13.8 Å². The van der Waals surface area contributed by atoms with Crippen molar-refractivity contribution in [3.05, 3.63) is 29.3 Å². The molecule has 0 fully saturated rings. The van der Waals surface area contributed by atoms with Gasteiger partial charge in [0.15, 0.2) is 0 Å². The molecule has 0 aliphatic heterocycles. The molecule has 0 radical (unpaired) electrons. The molecule has 2 nitrogen and oxygen atoms in total. The molecule has 0 aliphatic carbocycles. The van der Waals surface area contributed by atoms with E-state index < -0.39 is 23.9 Å². The van der Waals surface area contributed by atoms with E-state index in [4.69, 9.17) is 0 Å². The van der Waals surface area contributed by atoms with E-state index in [2.05, 4.69) is 0 Å². The number of aryl methyl sites for hydroxylation is 2. The summed E-state index contributed by atoms with van der Waals surface area (Å²) >= 11 is 1.26. The normalized spacial score (nSPS) is 13.2. The molecule has 0 saturated carbocycles. The number of rotatable bonds is 4. The van der Waals surface area contributed by atoms with Gasteiger partial charge in [0.05, 0.1) is 5.25 Å². The van der Waals surface area contributed by atoms with Gasteiger partial charge >= 0.3 is 6.18 Å². The van der Waals surface area contributed by atoms with Crippen molar-refractivity contribution < 1.29 is 18.0 Å². The second kappa shape index (κ2) is 6.32. The third kappa shape index (κ3) is 5.55. The number of hydrogen-bond donors (Lipinski definition) is 1. The predicted octanol–water partition coefficient (Wildman–Crippen LogP) is 3.46. The fourth-order valence-corrected chi connectivity index (χ4v) is 2.49.